The number of carbonyl (C=O) groups excluding carboxylic acids is 1. The number of methoxy groups -OCH3 is 1. The number of nitrogens with one attached hydrogen (secondary N) is 1. The number of fused-ring (bicyclic) bond motifs is 3. The van der Waals surface area contributed by atoms with Crippen LogP contribution in [-0.2, 0) is 19.4 Å². The monoisotopic (exact) mass is 433 g/mol. The number of amides is 1. The van der Waals surface area contributed by atoms with E-state index < -0.39 is 6.36 Å². The first-order valence-corrected chi connectivity index (χ1v) is 10.1. The molecule has 0 atom stereocenters. The third kappa shape index (κ3) is 4.43. The quantitative estimate of drug-likeness (QED) is 0.590. The van der Waals surface area contributed by atoms with Crippen molar-refractivity contribution in [2.75, 3.05) is 7.11 Å². The van der Waals surface area contributed by atoms with Gasteiger partial charge in [-0.2, -0.15) is 0 Å². The van der Waals surface area contributed by atoms with Crippen molar-refractivity contribution in [3.63, 3.8) is 0 Å². The van der Waals surface area contributed by atoms with Crippen LogP contribution in [0, 0.1) is 0 Å². The Labute approximate surface area is 175 Å². The van der Waals surface area contributed by atoms with Crippen LogP contribution in [0.15, 0.2) is 48.5 Å². The van der Waals surface area contributed by atoms with Gasteiger partial charge in [-0.15, -0.1) is 24.5 Å². The molecule has 1 aliphatic carbocycles. The van der Waals surface area contributed by atoms with Gasteiger partial charge in [0.1, 0.15) is 11.5 Å². The van der Waals surface area contributed by atoms with Gasteiger partial charge in [0.2, 0.25) is 0 Å². The van der Waals surface area contributed by atoms with Crippen LogP contribution >= 0.6 is 11.3 Å². The summed E-state index contributed by atoms with van der Waals surface area (Å²) in [6, 6.07) is 13.4. The normalized spacial score (nSPS) is 12.7. The highest BCUT2D eigenvalue weighted by Crippen LogP contribution is 2.41. The van der Waals surface area contributed by atoms with Crippen molar-refractivity contribution in [1.82, 2.24) is 5.32 Å². The van der Waals surface area contributed by atoms with Gasteiger partial charge in [0, 0.05) is 11.4 Å². The number of hydrogen-bond acceptors (Lipinski definition) is 4. The minimum absolute atomic E-state index is 0.0981. The molecule has 1 aromatic heterocycles. The molecule has 1 heterocycles. The molecule has 0 spiro atoms. The Kier molecular flexibility index (Phi) is 5.42. The van der Waals surface area contributed by atoms with Crippen LogP contribution in [0.3, 0.4) is 0 Å². The van der Waals surface area contributed by atoms with Crippen molar-refractivity contribution in [3.05, 3.63) is 70.1 Å². The summed E-state index contributed by atoms with van der Waals surface area (Å²) in [5, 5.41) is 2.77. The summed E-state index contributed by atoms with van der Waals surface area (Å²) < 4.78 is 46.4. The average Bonchev–Trinajstić information content (AvgIpc) is 3.15. The van der Waals surface area contributed by atoms with E-state index in [4.69, 9.17) is 4.74 Å². The second kappa shape index (κ2) is 8.02. The molecule has 4 rings (SSSR count). The van der Waals surface area contributed by atoms with E-state index in [1.54, 1.807) is 13.2 Å². The van der Waals surface area contributed by atoms with Crippen molar-refractivity contribution in [3.8, 4) is 21.9 Å². The summed E-state index contributed by atoms with van der Waals surface area (Å²) in [5.74, 6) is 0.189. The fourth-order valence-electron chi connectivity index (χ4n) is 3.46. The lowest BCUT2D eigenvalue weighted by atomic mass is 9.91. The highest BCUT2D eigenvalue weighted by Gasteiger charge is 2.31. The van der Waals surface area contributed by atoms with Crippen molar-refractivity contribution in [2.24, 2.45) is 0 Å². The van der Waals surface area contributed by atoms with Crippen LogP contribution < -0.4 is 14.8 Å². The van der Waals surface area contributed by atoms with Gasteiger partial charge in [-0.25, -0.2) is 0 Å². The van der Waals surface area contributed by atoms with Crippen LogP contribution in [0.2, 0.25) is 0 Å². The summed E-state index contributed by atoms with van der Waals surface area (Å²) in [6.07, 6.45) is -3.00. The third-order valence-electron chi connectivity index (χ3n) is 4.84. The molecule has 0 aliphatic heterocycles. The largest absolute Gasteiger partial charge is 0.573 e. The van der Waals surface area contributed by atoms with Gasteiger partial charge >= 0.3 is 6.36 Å². The molecule has 2 aromatic carbocycles. The van der Waals surface area contributed by atoms with Crippen LogP contribution in [0.5, 0.6) is 11.5 Å². The number of rotatable bonds is 5. The van der Waals surface area contributed by atoms with Gasteiger partial charge in [0.25, 0.3) is 5.91 Å². The first kappa shape index (κ1) is 20.3. The Morgan fingerprint density at radius 3 is 2.63 bits per heavy atom. The van der Waals surface area contributed by atoms with E-state index in [0.717, 1.165) is 34.6 Å². The Morgan fingerprint density at radius 1 is 1.07 bits per heavy atom. The minimum atomic E-state index is -4.75. The maximum absolute atomic E-state index is 12.6. The molecule has 0 bridgehead atoms. The Hall–Kier alpha value is -3.00. The Balaban J connectivity index is 1.48. The molecule has 3 aromatic rings. The van der Waals surface area contributed by atoms with Crippen molar-refractivity contribution < 1.29 is 27.4 Å². The lowest BCUT2D eigenvalue weighted by Gasteiger charge is -2.16. The second-order valence-corrected chi connectivity index (χ2v) is 7.92. The number of ether oxygens (including phenoxy) is 2. The lowest BCUT2D eigenvalue weighted by molar-refractivity contribution is -0.274. The number of halogens is 3. The molecule has 4 nitrogen and oxygen atoms in total. The zero-order valence-electron chi connectivity index (χ0n) is 16.0. The van der Waals surface area contributed by atoms with E-state index in [1.807, 2.05) is 24.3 Å². The van der Waals surface area contributed by atoms with Gasteiger partial charge in [-0.1, -0.05) is 18.2 Å². The standard InChI is InChI=1S/C22H18F3NO3S/c1-28-16-8-7-14-5-6-15-10-19(30-20(15)18(14)11-16)21(27)26-12-13-3-2-4-17(9-13)29-22(23,24)25/h2-4,7-11H,5-6,12H2,1H3,(H,26,27). The summed E-state index contributed by atoms with van der Waals surface area (Å²) >= 11 is 1.41. The molecule has 156 valence electrons. The Bertz CT molecular complexity index is 1090. The van der Waals surface area contributed by atoms with Gasteiger partial charge in [-0.05, 0) is 65.4 Å². The number of thiophene rings is 1. The zero-order chi connectivity index (χ0) is 21.3. The number of alkyl halides is 3. The fraction of sp³-hybridized carbons (Fsp3) is 0.227. The molecule has 0 radical (unpaired) electrons. The smallest absolute Gasteiger partial charge is 0.497 e. The molecule has 0 saturated carbocycles. The third-order valence-corrected chi connectivity index (χ3v) is 6.05. The summed E-state index contributed by atoms with van der Waals surface area (Å²) in [6.45, 7) is 0.0981. The van der Waals surface area contributed by atoms with Crippen LogP contribution in [0.4, 0.5) is 13.2 Å². The van der Waals surface area contributed by atoms with E-state index in [9.17, 15) is 18.0 Å². The molecule has 0 fully saturated rings. The lowest BCUT2D eigenvalue weighted by Crippen LogP contribution is -2.22. The molecular formula is C22H18F3NO3S. The summed E-state index contributed by atoms with van der Waals surface area (Å²) in [4.78, 5) is 14.3. The van der Waals surface area contributed by atoms with Crippen molar-refractivity contribution >= 4 is 17.2 Å². The molecule has 1 amide bonds. The topological polar surface area (TPSA) is 47.6 Å². The number of aryl methyl sites for hydroxylation is 2. The van der Waals surface area contributed by atoms with E-state index in [0.29, 0.717) is 10.4 Å². The zero-order valence-corrected chi connectivity index (χ0v) is 16.8. The minimum Gasteiger partial charge on any atom is -0.497 e. The maximum atomic E-state index is 12.6. The highest BCUT2D eigenvalue weighted by molar-refractivity contribution is 7.17. The molecule has 0 unspecified atom stereocenters. The molecule has 8 heteroatoms. The molecule has 1 N–H and O–H groups in total. The molecular weight excluding hydrogens is 415 g/mol. The van der Waals surface area contributed by atoms with E-state index in [1.165, 1.54) is 35.1 Å². The SMILES string of the molecule is COc1ccc2c(c1)-c1sc(C(=O)NCc3cccc(OC(F)(F)F)c3)cc1CC2. The maximum Gasteiger partial charge on any atom is 0.573 e. The van der Waals surface area contributed by atoms with Crippen LogP contribution in [0.25, 0.3) is 10.4 Å². The summed E-state index contributed by atoms with van der Waals surface area (Å²) in [5.41, 5.74) is 3.93. The van der Waals surface area contributed by atoms with Crippen molar-refractivity contribution in [1.29, 1.82) is 0 Å². The van der Waals surface area contributed by atoms with Gasteiger partial charge in [0.15, 0.2) is 0 Å². The molecule has 1 aliphatic rings. The van der Waals surface area contributed by atoms with Gasteiger partial charge in [-0.3, -0.25) is 4.79 Å². The number of benzene rings is 2. The highest BCUT2D eigenvalue weighted by atomic mass is 32.1. The van der Waals surface area contributed by atoms with E-state index in [2.05, 4.69) is 10.1 Å². The fourth-order valence-corrected chi connectivity index (χ4v) is 4.64. The molecule has 0 saturated heterocycles. The number of hydrogen-bond donors (Lipinski definition) is 1. The predicted octanol–water partition coefficient (Wildman–Crippen LogP) is 5.35. The predicted molar refractivity (Wildman–Crippen MR) is 108 cm³/mol. The average molecular weight is 433 g/mol. The summed E-state index contributed by atoms with van der Waals surface area (Å²) in [7, 11) is 1.62. The van der Waals surface area contributed by atoms with E-state index in [-0.39, 0.29) is 18.2 Å². The second-order valence-electron chi connectivity index (χ2n) is 6.87. The van der Waals surface area contributed by atoms with Crippen LogP contribution in [0.1, 0.15) is 26.4 Å². The van der Waals surface area contributed by atoms with Crippen molar-refractivity contribution in [2.45, 2.75) is 25.7 Å². The van der Waals surface area contributed by atoms with Gasteiger partial charge in [0.05, 0.1) is 12.0 Å². The van der Waals surface area contributed by atoms with Crippen LogP contribution in [-0.4, -0.2) is 19.4 Å². The van der Waals surface area contributed by atoms with E-state index >= 15 is 0 Å². The first-order valence-electron chi connectivity index (χ1n) is 9.25. The molecule has 30 heavy (non-hydrogen) atoms. The number of carbonyl (C=O) groups is 1. The Morgan fingerprint density at radius 2 is 1.87 bits per heavy atom. The first-order chi connectivity index (χ1) is 14.3. The van der Waals surface area contributed by atoms with Gasteiger partial charge < -0.3 is 14.8 Å².